The minimum Gasteiger partial charge on any atom is -0.481 e. The number of nitrogen functional groups attached to an aromatic ring is 1. The van der Waals surface area contributed by atoms with E-state index in [0.717, 1.165) is 5.52 Å². The van der Waals surface area contributed by atoms with Crippen molar-refractivity contribution in [2.24, 2.45) is 5.73 Å². The molecular weight excluding hydrogens is 544 g/mol. The normalized spacial score (nSPS) is 12.2. The maximum atomic E-state index is 13.4. The Balaban J connectivity index is 1.46. The van der Waals surface area contributed by atoms with E-state index in [4.69, 9.17) is 11.5 Å². The summed E-state index contributed by atoms with van der Waals surface area (Å²) in [6, 6.07) is 24.9. The molecule has 1 atom stereocenters. The average molecular weight is 571 g/mol. The van der Waals surface area contributed by atoms with Crippen molar-refractivity contribution in [2.45, 2.75) is 17.4 Å². The lowest BCUT2D eigenvalue weighted by Crippen LogP contribution is -2.32. The number of carbonyl (C=O) groups excluding carboxylic acids is 1. The number of carbonyl (C=O) groups is 2. The Morgan fingerprint density at radius 3 is 2.29 bits per heavy atom. The molecule has 1 aromatic heterocycles. The smallest absolute Gasteiger partial charge is 0.326 e. The molecule has 0 bridgehead atoms. The fraction of sp³-hybridized carbons (Fsp3) is 0.0690. The first kappa shape index (κ1) is 27.4. The molecule has 0 spiro atoms. The van der Waals surface area contributed by atoms with Crippen molar-refractivity contribution in [3.05, 3.63) is 103 Å². The van der Waals surface area contributed by atoms with Gasteiger partial charge in [-0.3, -0.25) is 4.79 Å². The molecule has 0 aliphatic heterocycles. The number of hydrogen-bond donors (Lipinski definition) is 5. The fourth-order valence-corrected chi connectivity index (χ4v) is 5.72. The molecule has 0 aliphatic carbocycles. The lowest BCUT2D eigenvalue weighted by Gasteiger charge is -2.19. The first-order chi connectivity index (χ1) is 19.6. The lowest BCUT2D eigenvalue weighted by molar-refractivity contribution is -0.137. The van der Waals surface area contributed by atoms with Crippen LogP contribution in [0.3, 0.4) is 0 Å². The zero-order chi connectivity index (χ0) is 29.1. The second kappa shape index (κ2) is 11.1. The van der Waals surface area contributed by atoms with Gasteiger partial charge in [0.05, 0.1) is 34.1 Å². The van der Waals surface area contributed by atoms with E-state index in [0.29, 0.717) is 33.6 Å². The van der Waals surface area contributed by atoms with Gasteiger partial charge < -0.3 is 21.6 Å². The average Bonchev–Trinajstić information content (AvgIpc) is 3.36. The van der Waals surface area contributed by atoms with Gasteiger partial charge in [-0.15, -0.1) is 0 Å². The van der Waals surface area contributed by atoms with E-state index in [9.17, 15) is 23.1 Å². The number of anilines is 3. The fourth-order valence-electron chi connectivity index (χ4n) is 4.45. The number of primary amides is 1. The van der Waals surface area contributed by atoms with Crippen LogP contribution >= 0.6 is 0 Å². The first-order valence-electron chi connectivity index (χ1n) is 12.4. The van der Waals surface area contributed by atoms with Crippen LogP contribution in [0.15, 0.2) is 102 Å². The molecule has 4 aromatic carbocycles. The highest BCUT2D eigenvalue weighted by Gasteiger charge is 2.25. The number of H-pyrrole nitrogens is 1. The number of aliphatic carboxylic acids is 1. The predicted molar refractivity (Wildman–Crippen MR) is 156 cm³/mol. The number of nitrogens with two attached hydrogens (primary N) is 2. The number of para-hydroxylation sites is 2. The van der Waals surface area contributed by atoms with Gasteiger partial charge in [0, 0.05) is 5.69 Å². The maximum absolute atomic E-state index is 13.4. The molecule has 0 aliphatic rings. The van der Waals surface area contributed by atoms with E-state index >= 15 is 0 Å². The van der Waals surface area contributed by atoms with E-state index in [2.05, 4.69) is 14.7 Å². The molecule has 0 radical (unpaired) electrons. The summed E-state index contributed by atoms with van der Waals surface area (Å²) in [5, 5.41) is 9.39. The summed E-state index contributed by atoms with van der Waals surface area (Å²) in [5.41, 5.74) is 15.4. The minimum atomic E-state index is -4.14. The summed E-state index contributed by atoms with van der Waals surface area (Å²) < 4.78 is 29.2. The van der Waals surface area contributed by atoms with Gasteiger partial charge in [-0.05, 0) is 65.2 Å². The Labute approximate surface area is 235 Å². The van der Waals surface area contributed by atoms with Gasteiger partial charge in [0.1, 0.15) is 0 Å². The van der Waals surface area contributed by atoms with Crippen molar-refractivity contribution < 1.29 is 23.1 Å². The summed E-state index contributed by atoms with van der Waals surface area (Å²) in [7, 11) is -4.14. The van der Waals surface area contributed by atoms with Gasteiger partial charge in [-0.1, -0.05) is 48.5 Å². The lowest BCUT2D eigenvalue weighted by atomic mass is 10.0. The molecule has 5 aromatic rings. The number of aromatic amines is 1. The summed E-state index contributed by atoms with van der Waals surface area (Å²) in [6.07, 6.45) is -0.463. The second-order valence-electron chi connectivity index (χ2n) is 9.27. The topological polar surface area (TPSA) is 184 Å². The Bertz CT molecular complexity index is 1820. The monoisotopic (exact) mass is 570 g/mol. The van der Waals surface area contributed by atoms with Gasteiger partial charge in [0.2, 0.25) is 16.0 Å². The van der Waals surface area contributed by atoms with Crippen LogP contribution in [0.25, 0.3) is 22.2 Å². The number of nitrogens with zero attached hydrogens (tertiary/aromatic N) is 2. The van der Waals surface area contributed by atoms with Crippen LogP contribution in [0.5, 0.6) is 0 Å². The van der Waals surface area contributed by atoms with Crippen LogP contribution in [0.4, 0.5) is 22.1 Å². The number of benzene rings is 4. The van der Waals surface area contributed by atoms with E-state index in [1.807, 2.05) is 18.2 Å². The molecule has 12 heteroatoms. The maximum Gasteiger partial charge on any atom is 0.326 e. The molecule has 5 rings (SSSR count). The number of nitrogens with one attached hydrogen (secondary N) is 2. The minimum absolute atomic E-state index is 0.0599. The Hall–Kier alpha value is -5.20. The molecule has 1 heterocycles. The number of carboxylic acids is 1. The van der Waals surface area contributed by atoms with Crippen LogP contribution < -0.4 is 21.1 Å². The number of hydrogen-bond acceptors (Lipinski definition) is 6. The highest BCUT2D eigenvalue weighted by molar-refractivity contribution is 7.89. The molecule has 0 saturated heterocycles. The number of sulfonamides is 1. The van der Waals surface area contributed by atoms with Crippen molar-refractivity contribution in [1.82, 2.24) is 14.7 Å². The van der Waals surface area contributed by atoms with Crippen molar-refractivity contribution in [3.63, 3.8) is 0 Å². The molecule has 1 unspecified atom stereocenters. The largest absolute Gasteiger partial charge is 0.481 e. The van der Waals surface area contributed by atoms with Gasteiger partial charge in [0.15, 0.2) is 0 Å². The molecule has 0 saturated carbocycles. The van der Waals surface area contributed by atoms with Gasteiger partial charge in [-0.2, -0.15) is 0 Å². The Kier molecular flexibility index (Phi) is 7.42. The molecule has 11 nitrogen and oxygen atoms in total. The van der Waals surface area contributed by atoms with E-state index in [-0.39, 0.29) is 10.8 Å². The Morgan fingerprint density at radius 2 is 1.61 bits per heavy atom. The van der Waals surface area contributed by atoms with Crippen molar-refractivity contribution in [1.29, 1.82) is 0 Å². The SMILES string of the molecule is NC(=O)N(c1cccc(-c2cccc(S(=O)(=O)NC(CC(=O)O)c3ccc(N)cc3)c2)c1)c1nc2ccccc2[nH]1. The van der Waals surface area contributed by atoms with Gasteiger partial charge >= 0.3 is 12.0 Å². The number of amides is 2. The summed E-state index contributed by atoms with van der Waals surface area (Å²) in [4.78, 5) is 32.7. The van der Waals surface area contributed by atoms with Crippen LogP contribution in [0.2, 0.25) is 0 Å². The quantitative estimate of drug-likeness (QED) is 0.161. The molecule has 0 fully saturated rings. The van der Waals surface area contributed by atoms with Gasteiger partial charge in [-0.25, -0.2) is 27.8 Å². The molecular formula is C29H26N6O5S. The number of fused-ring (bicyclic) bond motifs is 1. The number of urea groups is 1. The summed E-state index contributed by atoms with van der Waals surface area (Å²) in [5.74, 6) is -0.924. The van der Waals surface area contributed by atoms with E-state index in [1.54, 1.807) is 66.7 Å². The summed E-state index contributed by atoms with van der Waals surface area (Å²) in [6.45, 7) is 0. The highest BCUT2D eigenvalue weighted by atomic mass is 32.2. The van der Waals surface area contributed by atoms with Crippen LogP contribution in [-0.4, -0.2) is 35.5 Å². The molecule has 7 N–H and O–H groups in total. The zero-order valence-corrected chi connectivity index (χ0v) is 22.4. The second-order valence-corrected chi connectivity index (χ2v) is 11.0. The van der Waals surface area contributed by atoms with Crippen molar-refractivity contribution >= 4 is 50.4 Å². The van der Waals surface area contributed by atoms with Crippen LogP contribution in [0.1, 0.15) is 18.0 Å². The molecule has 2 amide bonds. The van der Waals surface area contributed by atoms with Crippen LogP contribution in [0, 0.1) is 0 Å². The predicted octanol–water partition coefficient (Wildman–Crippen LogP) is 4.52. The van der Waals surface area contributed by atoms with Gasteiger partial charge in [0.25, 0.3) is 0 Å². The summed E-state index contributed by atoms with van der Waals surface area (Å²) >= 11 is 0. The highest BCUT2D eigenvalue weighted by Crippen LogP contribution is 2.31. The van der Waals surface area contributed by atoms with E-state index < -0.39 is 34.5 Å². The third-order valence-corrected chi connectivity index (χ3v) is 7.88. The number of imidazole rings is 1. The number of aromatic nitrogens is 2. The molecule has 208 valence electrons. The molecule has 41 heavy (non-hydrogen) atoms. The first-order valence-corrected chi connectivity index (χ1v) is 13.9. The third kappa shape index (κ3) is 6.03. The van der Waals surface area contributed by atoms with Crippen molar-refractivity contribution in [3.8, 4) is 11.1 Å². The standard InChI is InChI=1S/C29H26N6O5S/c30-21-13-11-18(12-14-21)26(17-27(36)37)34-41(39,40)23-8-4-6-20(16-23)19-5-3-7-22(15-19)35(28(31)38)29-32-24-9-1-2-10-25(24)33-29/h1-16,26,34H,17,30H2,(H2,31,38)(H,32,33)(H,36,37). The zero-order valence-electron chi connectivity index (χ0n) is 21.6. The van der Waals surface area contributed by atoms with Crippen LogP contribution in [-0.2, 0) is 14.8 Å². The van der Waals surface area contributed by atoms with E-state index in [1.165, 1.54) is 17.0 Å². The number of carboxylic acid groups (broad SMARTS) is 1. The third-order valence-electron chi connectivity index (χ3n) is 6.41. The van der Waals surface area contributed by atoms with Crippen molar-refractivity contribution in [2.75, 3.05) is 10.6 Å². The number of rotatable bonds is 9. The Morgan fingerprint density at radius 1 is 0.927 bits per heavy atom.